The molecule has 1 rings (SSSR count). The summed E-state index contributed by atoms with van der Waals surface area (Å²) in [5, 5.41) is 3.79. The van der Waals surface area contributed by atoms with E-state index in [-0.39, 0.29) is 0 Å². The molecule has 0 saturated heterocycles. The van der Waals surface area contributed by atoms with E-state index in [1.807, 2.05) is 0 Å². The lowest BCUT2D eigenvalue weighted by molar-refractivity contribution is 0.140. The number of hydrogen-bond donors (Lipinski definition) is 1. The van der Waals surface area contributed by atoms with Gasteiger partial charge in [-0.1, -0.05) is 27.2 Å². The number of ether oxygens (including phenoxy) is 1. The Labute approximate surface area is 101 Å². The Kier molecular flexibility index (Phi) is 6.37. The second-order valence-electron chi connectivity index (χ2n) is 5.72. The van der Waals surface area contributed by atoms with Gasteiger partial charge in [-0.15, -0.1) is 0 Å². The fourth-order valence-electron chi connectivity index (χ4n) is 3.18. The Morgan fingerprint density at radius 3 is 2.31 bits per heavy atom. The second kappa shape index (κ2) is 7.29. The molecule has 0 aliphatic heterocycles. The van der Waals surface area contributed by atoms with E-state index < -0.39 is 0 Å². The van der Waals surface area contributed by atoms with E-state index in [0.717, 1.165) is 18.4 Å². The highest BCUT2D eigenvalue weighted by Gasteiger charge is 2.25. The van der Waals surface area contributed by atoms with Crippen LogP contribution in [0.25, 0.3) is 0 Å². The maximum Gasteiger partial charge on any atom is 0.0615 e. The number of methoxy groups -OCH3 is 1. The van der Waals surface area contributed by atoms with Crippen LogP contribution in [0, 0.1) is 11.8 Å². The zero-order valence-corrected chi connectivity index (χ0v) is 11.5. The van der Waals surface area contributed by atoms with E-state index in [9.17, 15) is 0 Å². The molecule has 0 radical (unpaired) electrons. The van der Waals surface area contributed by atoms with Crippen molar-refractivity contribution in [2.24, 2.45) is 11.8 Å². The van der Waals surface area contributed by atoms with Crippen LogP contribution in [0.3, 0.4) is 0 Å². The van der Waals surface area contributed by atoms with Gasteiger partial charge in [0.15, 0.2) is 0 Å². The molecule has 1 aliphatic carbocycles. The zero-order valence-electron chi connectivity index (χ0n) is 11.5. The Hall–Kier alpha value is -0.0800. The molecule has 3 atom stereocenters. The molecule has 1 N–H and O–H groups in total. The molecule has 0 heterocycles. The molecule has 2 heteroatoms. The molecule has 3 unspecified atom stereocenters. The van der Waals surface area contributed by atoms with E-state index in [4.69, 9.17) is 4.74 Å². The molecule has 0 aromatic heterocycles. The largest absolute Gasteiger partial charge is 0.383 e. The van der Waals surface area contributed by atoms with Gasteiger partial charge in [0.25, 0.3) is 0 Å². The van der Waals surface area contributed by atoms with Crippen LogP contribution in [0.2, 0.25) is 0 Å². The minimum Gasteiger partial charge on any atom is -0.383 e. The summed E-state index contributed by atoms with van der Waals surface area (Å²) in [5.74, 6) is 1.76. The van der Waals surface area contributed by atoms with Crippen molar-refractivity contribution < 1.29 is 4.74 Å². The van der Waals surface area contributed by atoms with Crippen molar-refractivity contribution in [2.45, 2.75) is 65.0 Å². The quantitative estimate of drug-likeness (QED) is 0.752. The van der Waals surface area contributed by atoms with Gasteiger partial charge < -0.3 is 10.1 Å². The van der Waals surface area contributed by atoms with Crippen molar-refractivity contribution >= 4 is 0 Å². The average Bonchev–Trinajstić information content (AvgIpc) is 2.16. The second-order valence-corrected chi connectivity index (χ2v) is 5.72. The molecule has 0 spiro atoms. The van der Waals surface area contributed by atoms with Crippen molar-refractivity contribution in [3.63, 3.8) is 0 Å². The monoisotopic (exact) mass is 227 g/mol. The first-order chi connectivity index (χ1) is 7.65. The SMILES string of the molecule is CCCC(COC)NC1CC(C)CC(C)C1. The molecule has 0 amide bonds. The molecule has 96 valence electrons. The van der Waals surface area contributed by atoms with Gasteiger partial charge in [-0.05, 0) is 37.5 Å². The summed E-state index contributed by atoms with van der Waals surface area (Å²) in [5.41, 5.74) is 0. The molecule has 1 fully saturated rings. The van der Waals surface area contributed by atoms with E-state index >= 15 is 0 Å². The Morgan fingerprint density at radius 2 is 1.81 bits per heavy atom. The smallest absolute Gasteiger partial charge is 0.0615 e. The standard InChI is InChI=1S/C14H29NO/c1-5-6-13(10-16-4)15-14-8-11(2)7-12(3)9-14/h11-15H,5-10H2,1-4H3. The summed E-state index contributed by atoms with van der Waals surface area (Å²) in [6.07, 6.45) is 6.55. The molecule has 2 nitrogen and oxygen atoms in total. The lowest BCUT2D eigenvalue weighted by Gasteiger charge is -2.34. The Balaban J connectivity index is 2.37. The van der Waals surface area contributed by atoms with Crippen molar-refractivity contribution in [2.75, 3.05) is 13.7 Å². The number of nitrogens with one attached hydrogen (secondary N) is 1. The molecule has 0 aromatic rings. The third-order valence-electron chi connectivity index (χ3n) is 3.65. The van der Waals surface area contributed by atoms with Gasteiger partial charge in [-0.2, -0.15) is 0 Å². The minimum atomic E-state index is 0.553. The van der Waals surface area contributed by atoms with Crippen LogP contribution in [-0.2, 0) is 4.74 Å². The predicted octanol–water partition coefficient (Wildman–Crippen LogP) is 3.22. The summed E-state index contributed by atoms with van der Waals surface area (Å²) in [7, 11) is 1.80. The molecule has 1 saturated carbocycles. The highest BCUT2D eigenvalue weighted by molar-refractivity contribution is 4.82. The first kappa shape index (κ1) is 14.0. The van der Waals surface area contributed by atoms with E-state index in [1.165, 1.54) is 32.1 Å². The molecule has 0 aromatic carbocycles. The summed E-state index contributed by atoms with van der Waals surface area (Å²) in [6.45, 7) is 7.87. The van der Waals surface area contributed by atoms with Gasteiger partial charge in [0.05, 0.1) is 6.61 Å². The van der Waals surface area contributed by atoms with Crippen molar-refractivity contribution in [3.8, 4) is 0 Å². The van der Waals surface area contributed by atoms with Crippen molar-refractivity contribution in [1.29, 1.82) is 0 Å². The molecule has 16 heavy (non-hydrogen) atoms. The highest BCUT2D eigenvalue weighted by Crippen LogP contribution is 2.28. The summed E-state index contributed by atoms with van der Waals surface area (Å²) in [6, 6.07) is 1.27. The number of rotatable bonds is 6. The molecule has 0 bridgehead atoms. The van der Waals surface area contributed by atoms with E-state index in [0.29, 0.717) is 12.1 Å². The maximum absolute atomic E-state index is 5.29. The topological polar surface area (TPSA) is 21.3 Å². The van der Waals surface area contributed by atoms with Crippen molar-refractivity contribution in [3.05, 3.63) is 0 Å². The third kappa shape index (κ3) is 4.84. The van der Waals surface area contributed by atoms with Crippen LogP contribution >= 0.6 is 0 Å². The van der Waals surface area contributed by atoms with Gasteiger partial charge in [-0.3, -0.25) is 0 Å². The van der Waals surface area contributed by atoms with E-state index in [1.54, 1.807) is 7.11 Å². The first-order valence-corrected chi connectivity index (χ1v) is 6.90. The molecular weight excluding hydrogens is 198 g/mol. The summed E-state index contributed by atoms with van der Waals surface area (Å²) >= 11 is 0. The normalized spacial score (nSPS) is 32.6. The van der Waals surface area contributed by atoms with Gasteiger partial charge in [0.1, 0.15) is 0 Å². The van der Waals surface area contributed by atoms with Crippen LogP contribution in [0.15, 0.2) is 0 Å². The average molecular weight is 227 g/mol. The zero-order chi connectivity index (χ0) is 12.0. The Morgan fingerprint density at radius 1 is 1.19 bits per heavy atom. The fraction of sp³-hybridized carbons (Fsp3) is 1.00. The van der Waals surface area contributed by atoms with Crippen molar-refractivity contribution in [1.82, 2.24) is 5.32 Å². The fourth-order valence-corrected chi connectivity index (χ4v) is 3.18. The van der Waals surface area contributed by atoms with E-state index in [2.05, 4.69) is 26.1 Å². The van der Waals surface area contributed by atoms with Gasteiger partial charge in [0, 0.05) is 19.2 Å². The van der Waals surface area contributed by atoms with Crippen LogP contribution in [0.4, 0.5) is 0 Å². The summed E-state index contributed by atoms with van der Waals surface area (Å²) < 4.78 is 5.29. The maximum atomic E-state index is 5.29. The number of hydrogen-bond acceptors (Lipinski definition) is 2. The van der Waals surface area contributed by atoms with Gasteiger partial charge in [0.2, 0.25) is 0 Å². The lowest BCUT2D eigenvalue weighted by Crippen LogP contribution is -2.44. The highest BCUT2D eigenvalue weighted by atomic mass is 16.5. The van der Waals surface area contributed by atoms with Crippen LogP contribution in [-0.4, -0.2) is 25.8 Å². The first-order valence-electron chi connectivity index (χ1n) is 6.90. The van der Waals surface area contributed by atoms with Crippen LogP contribution in [0.1, 0.15) is 52.9 Å². The molecular formula is C14H29NO. The van der Waals surface area contributed by atoms with Gasteiger partial charge in [-0.25, -0.2) is 0 Å². The third-order valence-corrected chi connectivity index (χ3v) is 3.65. The minimum absolute atomic E-state index is 0.553. The van der Waals surface area contributed by atoms with Crippen LogP contribution < -0.4 is 5.32 Å². The van der Waals surface area contributed by atoms with Crippen LogP contribution in [0.5, 0.6) is 0 Å². The predicted molar refractivity (Wildman–Crippen MR) is 69.7 cm³/mol. The molecule has 1 aliphatic rings. The Bertz CT molecular complexity index is 168. The van der Waals surface area contributed by atoms with Gasteiger partial charge >= 0.3 is 0 Å². The summed E-state index contributed by atoms with van der Waals surface area (Å²) in [4.78, 5) is 0. The lowest BCUT2D eigenvalue weighted by atomic mass is 9.80.